The highest BCUT2D eigenvalue weighted by Crippen LogP contribution is 2.44. The first kappa shape index (κ1) is 24.8. The fourth-order valence-corrected chi connectivity index (χ4v) is 5.40. The Bertz CT molecular complexity index is 1010. The topological polar surface area (TPSA) is 105 Å². The smallest absolute Gasteiger partial charge is 0.407 e. The third kappa shape index (κ3) is 6.41. The van der Waals surface area contributed by atoms with Crippen LogP contribution in [0.15, 0.2) is 48.5 Å². The number of ether oxygens (including phenoxy) is 1. The van der Waals surface area contributed by atoms with Crippen molar-refractivity contribution in [3.8, 4) is 11.1 Å². The molecule has 2 atom stereocenters. The zero-order valence-electron chi connectivity index (χ0n) is 20.0. The Morgan fingerprint density at radius 1 is 0.914 bits per heavy atom. The van der Waals surface area contributed by atoms with Crippen molar-refractivity contribution in [3.05, 3.63) is 59.7 Å². The summed E-state index contributed by atoms with van der Waals surface area (Å²) in [6, 6.07) is 16.4. The van der Waals surface area contributed by atoms with Gasteiger partial charge in [-0.15, -0.1) is 0 Å². The summed E-state index contributed by atoms with van der Waals surface area (Å²) in [5.74, 6) is -0.814. The minimum absolute atomic E-state index is 0.0143. The van der Waals surface area contributed by atoms with Crippen molar-refractivity contribution in [3.63, 3.8) is 0 Å². The van der Waals surface area contributed by atoms with E-state index in [1.54, 1.807) is 0 Å². The number of carbonyl (C=O) groups is 3. The highest BCUT2D eigenvalue weighted by atomic mass is 16.5. The molecule has 0 aromatic heterocycles. The van der Waals surface area contributed by atoms with Gasteiger partial charge in [0.15, 0.2) is 0 Å². The van der Waals surface area contributed by atoms with E-state index in [4.69, 9.17) is 9.84 Å². The molecule has 0 aliphatic heterocycles. The molecule has 1 saturated carbocycles. The predicted molar refractivity (Wildman–Crippen MR) is 133 cm³/mol. The van der Waals surface area contributed by atoms with Crippen molar-refractivity contribution in [2.45, 2.75) is 63.3 Å². The number of nitrogens with one attached hydrogen (secondary N) is 2. The molecule has 2 aromatic rings. The second-order valence-corrected chi connectivity index (χ2v) is 9.53. The Labute approximate surface area is 206 Å². The van der Waals surface area contributed by atoms with Gasteiger partial charge in [-0.2, -0.15) is 0 Å². The van der Waals surface area contributed by atoms with Crippen molar-refractivity contribution < 1.29 is 24.2 Å². The van der Waals surface area contributed by atoms with Crippen molar-refractivity contribution >= 4 is 18.0 Å². The molecule has 35 heavy (non-hydrogen) atoms. The second kappa shape index (κ2) is 11.9. The Balaban J connectivity index is 1.14. The number of carbonyl (C=O) groups excluding carboxylic acids is 2. The van der Waals surface area contributed by atoms with Crippen LogP contribution in [0.5, 0.6) is 0 Å². The molecule has 2 amide bonds. The van der Waals surface area contributed by atoms with Gasteiger partial charge in [0.2, 0.25) is 5.91 Å². The van der Waals surface area contributed by atoms with E-state index in [2.05, 4.69) is 34.9 Å². The first-order chi connectivity index (χ1) is 17.0. The van der Waals surface area contributed by atoms with Gasteiger partial charge in [0.25, 0.3) is 0 Å². The normalized spacial score (nSPS) is 18.9. The monoisotopic (exact) mass is 478 g/mol. The number of hydrogen-bond acceptors (Lipinski definition) is 4. The van der Waals surface area contributed by atoms with Gasteiger partial charge < -0.3 is 20.5 Å². The fraction of sp³-hybridized carbons (Fsp3) is 0.464. The van der Waals surface area contributed by atoms with Crippen LogP contribution in [0.3, 0.4) is 0 Å². The maximum absolute atomic E-state index is 12.3. The summed E-state index contributed by atoms with van der Waals surface area (Å²) in [4.78, 5) is 35.6. The highest BCUT2D eigenvalue weighted by molar-refractivity contribution is 5.79. The average molecular weight is 479 g/mol. The Kier molecular flexibility index (Phi) is 8.40. The summed E-state index contributed by atoms with van der Waals surface area (Å²) < 4.78 is 5.53. The van der Waals surface area contributed by atoms with Crippen molar-refractivity contribution in [2.75, 3.05) is 13.2 Å². The summed E-state index contributed by atoms with van der Waals surface area (Å²) in [5, 5.41) is 14.9. The molecule has 2 aliphatic rings. The second-order valence-electron chi connectivity index (χ2n) is 9.53. The van der Waals surface area contributed by atoms with E-state index in [-0.39, 0.29) is 36.8 Å². The van der Waals surface area contributed by atoms with E-state index in [0.29, 0.717) is 25.8 Å². The minimum atomic E-state index is -0.810. The van der Waals surface area contributed by atoms with Crippen molar-refractivity contribution in [1.82, 2.24) is 10.6 Å². The maximum Gasteiger partial charge on any atom is 0.407 e. The number of carboxylic acid groups (broad SMARTS) is 1. The standard InChI is InChI=1S/C28H34N2O5/c31-26(30-25-14-6-1-9-19(25)17-27(32)33)15-7-8-16-29-28(34)35-18-24-22-12-4-2-10-20(22)21-11-3-5-13-23(21)24/h2-5,10-13,19,24-25H,1,6-9,14-18H2,(H,29,34)(H,30,31)(H,32,33)/t19-,25-/m1/s1. The quantitative estimate of drug-likeness (QED) is 0.424. The lowest BCUT2D eigenvalue weighted by atomic mass is 9.82. The van der Waals surface area contributed by atoms with E-state index >= 15 is 0 Å². The molecule has 3 N–H and O–H groups in total. The summed E-state index contributed by atoms with van der Waals surface area (Å²) in [7, 11) is 0. The molecule has 2 aliphatic carbocycles. The van der Waals surface area contributed by atoms with E-state index in [0.717, 1.165) is 25.7 Å². The predicted octanol–water partition coefficient (Wildman–Crippen LogP) is 4.85. The van der Waals surface area contributed by atoms with E-state index < -0.39 is 12.1 Å². The number of amides is 2. The fourth-order valence-electron chi connectivity index (χ4n) is 5.40. The van der Waals surface area contributed by atoms with Crippen molar-refractivity contribution in [2.24, 2.45) is 5.92 Å². The van der Waals surface area contributed by atoms with Gasteiger partial charge in [0.05, 0.1) is 6.42 Å². The van der Waals surface area contributed by atoms with Crippen LogP contribution >= 0.6 is 0 Å². The van der Waals surface area contributed by atoms with Gasteiger partial charge in [-0.05, 0) is 53.9 Å². The number of rotatable bonds is 10. The summed E-state index contributed by atoms with van der Waals surface area (Å²) in [6.07, 6.45) is 5.06. The van der Waals surface area contributed by atoms with Gasteiger partial charge >= 0.3 is 12.1 Å². The van der Waals surface area contributed by atoms with Crippen LogP contribution in [0.4, 0.5) is 4.79 Å². The Morgan fingerprint density at radius 3 is 2.26 bits per heavy atom. The van der Waals surface area contributed by atoms with E-state index in [1.807, 2.05) is 24.3 Å². The van der Waals surface area contributed by atoms with Crippen LogP contribution in [0.1, 0.15) is 68.4 Å². The number of fused-ring (bicyclic) bond motifs is 3. The zero-order chi connectivity index (χ0) is 24.6. The number of benzene rings is 2. The molecule has 1 fully saturated rings. The van der Waals surface area contributed by atoms with Gasteiger partial charge in [-0.25, -0.2) is 4.79 Å². The van der Waals surface area contributed by atoms with Crippen LogP contribution in [-0.2, 0) is 14.3 Å². The third-order valence-electron chi connectivity index (χ3n) is 7.14. The number of carboxylic acids is 1. The van der Waals surface area contributed by atoms with Gasteiger partial charge in [-0.3, -0.25) is 9.59 Å². The number of hydrogen-bond donors (Lipinski definition) is 3. The van der Waals surface area contributed by atoms with Crippen LogP contribution in [0.2, 0.25) is 0 Å². The van der Waals surface area contributed by atoms with Gasteiger partial charge in [0.1, 0.15) is 6.61 Å². The summed E-state index contributed by atoms with van der Waals surface area (Å²) in [5.41, 5.74) is 4.74. The molecule has 0 heterocycles. The molecular weight excluding hydrogens is 444 g/mol. The van der Waals surface area contributed by atoms with Crippen LogP contribution in [0, 0.1) is 5.92 Å². The molecule has 0 unspecified atom stereocenters. The summed E-state index contributed by atoms with van der Waals surface area (Å²) >= 11 is 0. The number of unbranched alkanes of at least 4 members (excludes halogenated alkanes) is 1. The first-order valence-corrected chi connectivity index (χ1v) is 12.6. The molecule has 7 nitrogen and oxygen atoms in total. The van der Waals surface area contributed by atoms with Crippen molar-refractivity contribution in [1.29, 1.82) is 0 Å². The lowest BCUT2D eigenvalue weighted by Crippen LogP contribution is -2.42. The van der Waals surface area contributed by atoms with Crippen LogP contribution < -0.4 is 10.6 Å². The number of aliphatic carboxylic acids is 1. The molecule has 0 spiro atoms. The first-order valence-electron chi connectivity index (χ1n) is 12.6. The SMILES string of the molecule is O=C(O)C[C@H]1CCCC[C@H]1NC(=O)CCCCNC(=O)OCC1c2ccccc2-c2ccccc21. The highest BCUT2D eigenvalue weighted by Gasteiger charge is 2.29. The third-order valence-corrected chi connectivity index (χ3v) is 7.14. The van der Waals surface area contributed by atoms with Gasteiger partial charge in [0, 0.05) is 24.9 Å². The Morgan fingerprint density at radius 2 is 1.57 bits per heavy atom. The molecule has 4 rings (SSSR count). The molecule has 7 heteroatoms. The minimum Gasteiger partial charge on any atom is -0.481 e. The number of alkyl carbamates (subject to hydrolysis) is 1. The van der Waals surface area contributed by atoms with E-state index in [1.165, 1.54) is 22.3 Å². The molecule has 0 saturated heterocycles. The lowest BCUT2D eigenvalue weighted by molar-refractivity contribution is -0.139. The largest absolute Gasteiger partial charge is 0.481 e. The molecule has 2 aromatic carbocycles. The van der Waals surface area contributed by atoms with E-state index in [9.17, 15) is 14.4 Å². The lowest BCUT2D eigenvalue weighted by Gasteiger charge is -2.31. The molecule has 0 bridgehead atoms. The van der Waals surface area contributed by atoms with Crippen LogP contribution in [-0.4, -0.2) is 42.3 Å². The molecule has 186 valence electrons. The zero-order valence-corrected chi connectivity index (χ0v) is 20.0. The summed E-state index contributed by atoms with van der Waals surface area (Å²) in [6.45, 7) is 0.718. The van der Waals surface area contributed by atoms with Gasteiger partial charge in [-0.1, -0.05) is 61.4 Å². The average Bonchev–Trinajstić information content (AvgIpc) is 3.17. The maximum atomic E-state index is 12.3. The molecule has 0 radical (unpaired) electrons. The van der Waals surface area contributed by atoms with Crippen LogP contribution in [0.25, 0.3) is 11.1 Å². The molecular formula is C28H34N2O5. The Hall–Kier alpha value is -3.35.